The van der Waals surface area contributed by atoms with Crippen LogP contribution in [0.25, 0.3) is 20.9 Å². The van der Waals surface area contributed by atoms with Crippen molar-refractivity contribution in [1.82, 2.24) is 0 Å². The van der Waals surface area contributed by atoms with Gasteiger partial charge in [-0.2, -0.15) is 16.8 Å². The summed E-state index contributed by atoms with van der Waals surface area (Å²) in [4.78, 5) is 5.11. The molecule has 0 aromatic heterocycles. The SMILES string of the molecule is CO[C@H]1O[C@H](CN=[N+]=[N-])[C@H](N=[N+]=[N-])[C@H](OS(C)(=O)=O)[C@H]1OS(C)(=O)=O. The van der Waals surface area contributed by atoms with Crippen LogP contribution < -0.4 is 0 Å². The highest BCUT2D eigenvalue weighted by atomic mass is 32.2. The zero-order valence-corrected chi connectivity index (χ0v) is 15.0. The zero-order chi connectivity index (χ0) is 19.3. The number of hydrogen-bond acceptors (Lipinski definition) is 10. The topological polar surface area (TPSA) is 203 Å². The Morgan fingerprint density at radius 3 is 2.04 bits per heavy atom. The molecule has 1 saturated heterocycles. The van der Waals surface area contributed by atoms with Crippen LogP contribution in [0.2, 0.25) is 0 Å². The minimum absolute atomic E-state index is 0.352. The van der Waals surface area contributed by atoms with Crippen LogP contribution in [0.5, 0.6) is 0 Å². The molecule has 25 heavy (non-hydrogen) atoms. The molecule has 0 N–H and O–H groups in total. The fourth-order valence-corrected chi connectivity index (χ4v) is 3.39. The quantitative estimate of drug-likeness (QED) is 0.235. The molecule has 1 heterocycles. The van der Waals surface area contributed by atoms with E-state index in [0.717, 1.165) is 19.6 Å². The van der Waals surface area contributed by atoms with E-state index in [1.54, 1.807) is 0 Å². The van der Waals surface area contributed by atoms with Crippen molar-refractivity contribution in [1.29, 1.82) is 0 Å². The van der Waals surface area contributed by atoms with Crippen LogP contribution in [0.15, 0.2) is 10.2 Å². The van der Waals surface area contributed by atoms with Crippen molar-refractivity contribution in [3.05, 3.63) is 20.9 Å². The van der Waals surface area contributed by atoms with Crippen LogP contribution in [-0.4, -0.2) is 73.6 Å². The zero-order valence-electron chi connectivity index (χ0n) is 13.4. The summed E-state index contributed by atoms with van der Waals surface area (Å²) in [5.41, 5.74) is 17.2. The van der Waals surface area contributed by atoms with Gasteiger partial charge in [0.1, 0.15) is 6.10 Å². The monoisotopic (exact) mass is 400 g/mol. The third-order valence-corrected chi connectivity index (χ3v) is 4.08. The smallest absolute Gasteiger partial charge is 0.264 e. The van der Waals surface area contributed by atoms with E-state index in [1.165, 1.54) is 0 Å². The molecule has 1 fully saturated rings. The first-order valence-corrected chi connectivity index (χ1v) is 10.2. The lowest BCUT2D eigenvalue weighted by atomic mass is 9.97. The molecular formula is C9H16N6O8S2. The summed E-state index contributed by atoms with van der Waals surface area (Å²) in [7, 11) is -7.04. The molecule has 0 saturated carbocycles. The van der Waals surface area contributed by atoms with E-state index in [1.807, 2.05) is 0 Å². The summed E-state index contributed by atoms with van der Waals surface area (Å²) >= 11 is 0. The van der Waals surface area contributed by atoms with Crippen LogP contribution in [0.1, 0.15) is 0 Å². The van der Waals surface area contributed by atoms with Crippen molar-refractivity contribution >= 4 is 20.2 Å². The van der Waals surface area contributed by atoms with Gasteiger partial charge in [0.2, 0.25) is 0 Å². The van der Waals surface area contributed by atoms with Gasteiger partial charge in [-0.1, -0.05) is 10.2 Å². The minimum Gasteiger partial charge on any atom is -0.353 e. The van der Waals surface area contributed by atoms with Crippen LogP contribution in [0.4, 0.5) is 0 Å². The largest absolute Gasteiger partial charge is 0.353 e. The van der Waals surface area contributed by atoms with E-state index in [2.05, 4.69) is 20.1 Å². The molecule has 0 spiro atoms. The van der Waals surface area contributed by atoms with Gasteiger partial charge in [-0.3, -0.25) is 8.37 Å². The van der Waals surface area contributed by atoms with Gasteiger partial charge in [-0.15, -0.1) is 0 Å². The average Bonchev–Trinajstić information content (AvgIpc) is 2.47. The molecular weight excluding hydrogens is 384 g/mol. The standard InChI is InChI=1S/C9H16N6O8S2/c1-20-9-8(23-25(3,18)19)7(22-24(2,16)17)6(13-15-11)5(21-9)4-12-14-10/h5-9H,4H2,1-3H3/t5-,6+,7+,8-,9+/m1/s1. The number of nitrogens with zero attached hydrogens (tertiary/aromatic N) is 6. The first kappa shape index (κ1) is 21.4. The normalized spacial score (nSPS) is 30.1. The van der Waals surface area contributed by atoms with Gasteiger partial charge in [-0.25, -0.2) is 0 Å². The van der Waals surface area contributed by atoms with E-state index in [-0.39, 0.29) is 6.54 Å². The predicted octanol–water partition coefficient (Wildman–Crippen LogP) is 0.0365. The summed E-state index contributed by atoms with van der Waals surface area (Å²) in [6.07, 6.45) is -4.28. The first-order chi connectivity index (χ1) is 11.5. The molecule has 1 aliphatic rings. The summed E-state index contributed by atoms with van der Waals surface area (Å²) < 4.78 is 66.1. The average molecular weight is 400 g/mol. The highest BCUT2D eigenvalue weighted by Gasteiger charge is 2.50. The molecule has 1 rings (SSSR count). The lowest BCUT2D eigenvalue weighted by Crippen LogP contribution is -2.60. The van der Waals surface area contributed by atoms with Crippen molar-refractivity contribution in [2.24, 2.45) is 10.2 Å². The van der Waals surface area contributed by atoms with Crippen LogP contribution in [-0.2, 0) is 38.1 Å². The molecule has 0 amide bonds. The van der Waals surface area contributed by atoms with Gasteiger partial charge in [0.15, 0.2) is 12.4 Å². The summed E-state index contributed by atoms with van der Waals surface area (Å²) in [5, 5.41) is 6.66. The molecule has 142 valence electrons. The Hall–Kier alpha value is -1.64. The predicted molar refractivity (Wildman–Crippen MR) is 82.1 cm³/mol. The summed E-state index contributed by atoms with van der Waals surface area (Å²) in [5.74, 6) is 0. The lowest BCUT2D eigenvalue weighted by Gasteiger charge is -2.42. The molecule has 14 nitrogen and oxygen atoms in total. The molecule has 0 aromatic carbocycles. The fraction of sp³-hybridized carbons (Fsp3) is 1.00. The highest BCUT2D eigenvalue weighted by Crippen LogP contribution is 2.30. The molecule has 0 aromatic rings. The number of azide groups is 2. The third kappa shape index (κ3) is 6.64. The second-order valence-electron chi connectivity index (χ2n) is 4.92. The molecule has 0 radical (unpaired) electrons. The Bertz CT molecular complexity index is 772. The van der Waals surface area contributed by atoms with Crippen molar-refractivity contribution in [2.45, 2.75) is 30.6 Å². The van der Waals surface area contributed by atoms with Gasteiger partial charge >= 0.3 is 0 Å². The molecule has 16 heteroatoms. The van der Waals surface area contributed by atoms with Crippen LogP contribution in [0.3, 0.4) is 0 Å². The maximum atomic E-state index is 11.6. The van der Waals surface area contributed by atoms with E-state index < -0.39 is 50.9 Å². The number of methoxy groups -OCH3 is 1. The van der Waals surface area contributed by atoms with Crippen molar-refractivity contribution in [3.63, 3.8) is 0 Å². The second kappa shape index (κ2) is 8.64. The van der Waals surface area contributed by atoms with Gasteiger partial charge < -0.3 is 9.47 Å². The number of ether oxygens (including phenoxy) is 2. The van der Waals surface area contributed by atoms with Gasteiger partial charge in [0.05, 0.1) is 31.2 Å². The maximum Gasteiger partial charge on any atom is 0.264 e. The Morgan fingerprint density at radius 2 is 1.60 bits per heavy atom. The van der Waals surface area contributed by atoms with E-state index >= 15 is 0 Å². The van der Waals surface area contributed by atoms with Crippen LogP contribution >= 0.6 is 0 Å². The molecule has 0 unspecified atom stereocenters. The maximum absolute atomic E-state index is 11.6. The van der Waals surface area contributed by atoms with Crippen LogP contribution in [0, 0.1) is 0 Å². The number of hydrogen-bond donors (Lipinski definition) is 0. The summed E-state index contributed by atoms with van der Waals surface area (Å²) in [6, 6.07) is -1.37. The Labute approximate surface area is 143 Å². The Balaban J connectivity index is 3.40. The minimum atomic E-state index is -4.11. The Kier molecular flexibility index (Phi) is 7.40. The molecule has 0 aliphatic carbocycles. The Morgan fingerprint density at radius 1 is 1.04 bits per heavy atom. The van der Waals surface area contributed by atoms with Gasteiger partial charge in [0.25, 0.3) is 20.2 Å². The second-order valence-corrected chi connectivity index (χ2v) is 8.12. The van der Waals surface area contributed by atoms with Crippen molar-refractivity contribution in [2.75, 3.05) is 26.2 Å². The lowest BCUT2D eigenvalue weighted by molar-refractivity contribution is -0.249. The summed E-state index contributed by atoms with van der Waals surface area (Å²) in [6.45, 7) is -0.352. The van der Waals surface area contributed by atoms with E-state index in [4.69, 9.17) is 28.9 Å². The molecule has 5 atom stereocenters. The van der Waals surface area contributed by atoms with E-state index in [9.17, 15) is 16.8 Å². The fourth-order valence-electron chi connectivity index (χ4n) is 2.16. The van der Waals surface area contributed by atoms with Crippen molar-refractivity contribution < 1.29 is 34.7 Å². The van der Waals surface area contributed by atoms with Gasteiger partial charge in [-0.05, 0) is 11.1 Å². The molecule has 0 bridgehead atoms. The van der Waals surface area contributed by atoms with Crippen molar-refractivity contribution in [3.8, 4) is 0 Å². The highest BCUT2D eigenvalue weighted by molar-refractivity contribution is 7.86. The van der Waals surface area contributed by atoms with Gasteiger partial charge in [0, 0.05) is 16.9 Å². The third-order valence-electron chi connectivity index (χ3n) is 2.93. The number of rotatable bonds is 8. The molecule has 1 aliphatic heterocycles. The first-order valence-electron chi connectivity index (χ1n) is 6.52. The van der Waals surface area contributed by atoms with E-state index in [0.29, 0.717) is 0 Å².